The SMILES string of the molecule is CCOC(=O)CCN/C=C(/C#N)C(=O)NCCCOC. The highest BCUT2D eigenvalue weighted by molar-refractivity contribution is 5.97. The molecule has 0 saturated carbocycles. The van der Waals surface area contributed by atoms with Crippen LogP contribution < -0.4 is 10.6 Å². The fraction of sp³-hybridized carbons (Fsp3) is 0.615. The number of rotatable bonds is 10. The molecule has 112 valence electrons. The smallest absolute Gasteiger partial charge is 0.307 e. The summed E-state index contributed by atoms with van der Waals surface area (Å²) >= 11 is 0. The summed E-state index contributed by atoms with van der Waals surface area (Å²) in [5.74, 6) is -0.775. The molecule has 0 rings (SSSR count). The van der Waals surface area contributed by atoms with E-state index in [9.17, 15) is 9.59 Å². The summed E-state index contributed by atoms with van der Waals surface area (Å²) in [7, 11) is 1.58. The van der Waals surface area contributed by atoms with Crippen molar-refractivity contribution >= 4 is 11.9 Å². The van der Waals surface area contributed by atoms with E-state index in [1.165, 1.54) is 6.20 Å². The van der Waals surface area contributed by atoms with Crippen molar-refractivity contribution in [1.29, 1.82) is 5.26 Å². The number of carbonyl (C=O) groups excluding carboxylic acids is 2. The zero-order valence-corrected chi connectivity index (χ0v) is 11.9. The van der Waals surface area contributed by atoms with Crippen LogP contribution in [0.5, 0.6) is 0 Å². The Morgan fingerprint density at radius 3 is 2.70 bits per heavy atom. The number of amides is 1. The number of methoxy groups -OCH3 is 1. The Labute approximate surface area is 118 Å². The van der Waals surface area contributed by atoms with Crippen molar-refractivity contribution in [1.82, 2.24) is 10.6 Å². The maximum absolute atomic E-state index is 11.6. The molecule has 20 heavy (non-hydrogen) atoms. The van der Waals surface area contributed by atoms with Gasteiger partial charge in [-0.2, -0.15) is 5.26 Å². The molecule has 2 N–H and O–H groups in total. The van der Waals surface area contributed by atoms with Gasteiger partial charge >= 0.3 is 5.97 Å². The molecule has 0 aliphatic heterocycles. The topological polar surface area (TPSA) is 100 Å². The Hall–Kier alpha value is -2.07. The van der Waals surface area contributed by atoms with E-state index >= 15 is 0 Å². The van der Waals surface area contributed by atoms with Crippen LogP contribution in [0.15, 0.2) is 11.8 Å². The molecule has 0 radical (unpaired) electrons. The van der Waals surface area contributed by atoms with Crippen LogP contribution in [0.25, 0.3) is 0 Å². The minimum Gasteiger partial charge on any atom is -0.466 e. The van der Waals surface area contributed by atoms with Gasteiger partial charge in [-0.3, -0.25) is 9.59 Å². The van der Waals surface area contributed by atoms with Crippen LogP contribution in [0.4, 0.5) is 0 Å². The van der Waals surface area contributed by atoms with E-state index < -0.39 is 5.91 Å². The normalized spacial score (nSPS) is 10.6. The molecule has 1 amide bonds. The van der Waals surface area contributed by atoms with Gasteiger partial charge in [0.2, 0.25) is 0 Å². The summed E-state index contributed by atoms with van der Waals surface area (Å²) in [6.07, 6.45) is 2.15. The van der Waals surface area contributed by atoms with Crippen LogP contribution in [-0.2, 0) is 19.1 Å². The number of hydrogen-bond acceptors (Lipinski definition) is 6. The van der Waals surface area contributed by atoms with Crippen LogP contribution >= 0.6 is 0 Å². The van der Waals surface area contributed by atoms with Crippen molar-refractivity contribution in [3.05, 3.63) is 11.8 Å². The second kappa shape index (κ2) is 12.0. The molecule has 7 heteroatoms. The number of hydrogen-bond donors (Lipinski definition) is 2. The lowest BCUT2D eigenvalue weighted by molar-refractivity contribution is -0.142. The van der Waals surface area contributed by atoms with E-state index in [0.717, 1.165) is 0 Å². The third-order valence-corrected chi connectivity index (χ3v) is 2.20. The summed E-state index contributed by atoms with van der Waals surface area (Å²) in [5.41, 5.74) is -0.0359. The third kappa shape index (κ3) is 8.94. The minimum atomic E-state index is -0.452. The highest BCUT2D eigenvalue weighted by Crippen LogP contribution is 1.92. The average molecular weight is 283 g/mol. The molecule has 0 aromatic heterocycles. The van der Waals surface area contributed by atoms with E-state index in [-0.39, 0.29) is 18.0 Å². The van der Waals surface area contributed by atoms with Gasteiger partial charge in [-0.05, 0) is 13.3 Å². The number of carbonyl (C=O) groups is 2. The summed E-state index contributed by atoms with van der Waals surface area (Å²) in [6.45, 7) is 3.36. The van der Waals surface area contributed by atoms with Crippen molar-refractivity contribution in [2.45, 2.75) is 19.8 Å². The van der Waals surface area contributed by atoms with Crippen molar-refractivity contribution in [3.8, 4) is 6.07 Å². The van der Waals surface area contributed by atoms with Crippen molar-refractivity contribution in [2.75, 3.05) is 33.4 Å². The van der Waals surface area contributed by atoms with E-state index in [1.807, 2.05) is 0 Å². The molecule has 0 saturated heterocycles. The Morgan fingerprint density at radius 2 is 2.10 bits per heavy atom. The van der Waals surface area contributed by atoms with Crippen molar-refractivity contribution in [2.24, 2.45) is 0 Å². The second-order valence-corrected chi connectivity index (χ2v) is 3.78. The van der Waals surface area contributed by atoms with Gasteiger partial charge in [0.15, 0.2) is 0 Å². The van der Waals surface area contributed by atoms with E-state index in [4.69, 9.17) is 14.7 Å². The van der Waals surface area contributed by atoms with Gasteiger partial charge in [0, 0.05) is 33.0 Å². The van der Waals surface area contributed by atoms with E-state index in [1.54, 1.807) is 20.1 Å². The summed E-state index contributed by atoms with van der Waals surface area (Å²) in [4.78, 5) is 22.6. The maximum atomic E-state index is 11.6. The van der Waals surface area contributed by atoms with Gasteiger partial charge in [0.05, 0.1) is 13.0 Å². The Bertz CT molecular complexity index is 374. The van der Waals surface area contributed by atoms with Crippen LogP contribution in [0.3, 0.4) is 0 Å². The van der Waals surface area contributed by atoms with E-state index in [0.29, 0.717) is 32.7 Å². The van der Waals surface area contributed by atoms with Crippen LogP contribution in [0, 0.1) is 11.3 Å². The largest absolute Gasteiger partial charge is 0.466 e. The predicted molar refractivity (Wildman–Crippen MR) is 72.5 cm³/mol. The second-order valence-electron chi connectivity index (χ2n) is 3.78. The Kier molecular flexibility index (Phi) is 10.7. The Morgan fingerprint density at radius 1 is 1.35 bits per heavy atom. The fourth-order valence-corrected chi connectivity index (χ4v) is 1.24. The minimum absolute atomic E-state index is 0.0359. The van der Waals surface area contributed by atoms with Gasteiger partial charge in [-0.15, -0.1) is 0 Å². The van der Waals surface area contributed by atoms with Crippen LogP contribution in [0.2, 0.25) is 0 Å². The third-order valence-electron chi connectivity index (χ3n) is 2.20. The fourth-order valence-electron chi connectivity index (χ4n) is 1.24. The molecule has 0 heterocycles. The summed E-state index contributed by atoms with van der Waals surface area (Å²) in [6, 6.07) is 1.80. The van der Waals surface area contributed by atoms with E-state index in [2.05, 4.69) is 10.6 Å². The van der Waals surface area contributed by atoms with Crippen LogP contribution in [0.1, 0.15) is 19.8 Å². The lowest BCUT2D eigenvalue weighted by atomic mass is 10.3. The molecule has 0 spiro atoms. The van der Waals surface area contributed by atoms with Crippen molar-refractivity contribution < 1.29 is 19.1 Å². The molecule has 0 unspecified atom stereocenters. The first-order chi connectivity index (χ1) is 9.65. The summed E-state index contributed by atoms with van der Waals surface area (Å²) in [5, 5.41) is 14.2. The summed E-state index contributed by atoms with van der Waals surface area (Å²) < 4.78 is 9.59. The highest BCUT2D eigenvalue weighted by Gasteiger charge is 2.07. The van der Waals surface area contributed by atoms with Gasteiger partial charge in [0.25, 0.3) is 5.91 Å². The molecule has 0 aromatic rings. The zero-order chi connectivity index (χ0) is 15.2. The molecule has 0 atom stereocenters. The maximum Gasteiger partial charge on any atom is 0.307 e. The van der Waals surface area contributed by atoms with Crippen molar-refractivity contribution in [3.63, 3.8) is 0 Å². The van der Waals surface area contributed by atoms with Gasteiger partial charge < -0.3 is 20.1 Å². The predicted octanol–water partition coefficient (Wildman–Crippen LogP) is 0.0894. The number of nitriles is 1. The quantitative estimate of drug-likeness (QED) is 0.255. The number of esters is 1. The van der Waals surface area contributed by atoms with Gasteiger partial charge in [-0.1, -0.05) is 0 Å². The standard InChI is InChI=1S/C13H21N3O4/c1-3-20-12(17)5-7-15-10-11(9-14)13(18)16-6-4-8-19-2/h10,15H,3-8H2,1-2H3,(H,16,18)/b11-10-. The molecular formula is C13H21N3O4. The molecule has 0 bridgehead atoms. The van der Waals surface area contributed by atoms with Gasteiger partial charge in [-0.25, -0.2) is 0 Å². The zero-order valence-electron chi connectivity index (χ0n) is 11.9. The lowest BCUT2D eigenvalue weighted by Crippen LogP contribution is -2.27. The Balaban J connectivity index is 3.99. The first kappa shape index (κ1) is 17.9. The molecule has 0 aromatic carbocycles. The molecule has 0 aliphatic carbocycles. The molecule has 7 nitrogen and oxygen atoms in total. The molecule has 0 aliphatic rings. The first-order valence-corrected chi connectivity index (χ1v) is 6.42. The monoisotopic (exact) mass is 283 g/mol. The molecular weight excluding hydrogens is 262 g/mol. The lowest BCUT2D eigenvalue weighted by Gasteiger charge is -2.05. The average Bonchev–Trinajstić information content (AvgIpc) is 2.44. The highest BCUT2D eigenvalue weighted by atomic mass is 16.5. The number of ether oxygens (including phenoxy) is 2. The number of nitrogens with zero attached hydrogens (tertiary/aromatic N) is 1. The van der Waals surface area contributed by atoms with Crippen LogP contribution in [-0.4, -0.2) is 45.3 Å². The van der Waals surface area contributed by atoms with Gasteiger partial charge in [0.1, 0.15) is 11.6 Å². The number of nitrogens with one attached hydrogen (secondary N) is 2. The molecule has 0 fully saturated rings. The first-order valence-electron chi connectivity index (χ1n) is 6.42.